The van der Waals surface area contributed by atoms with Gasteiger partial charge in [0, 0.05) is 23.2 Å². The highest BCUT2D eigenvalue weighted by molar-refractivity contribution is 7.80. The first-order chi connectivity index (χ1) is 21.5. The lowest BCUT2D eigenvalue weighted by Gasteiger charge is -2.16. The third-order valence-corrected chi connectivity index (χ3v) is 8.26. The lowest BCUT2D eigenvalue weighted by atomic mass is 9.99. The van der Waals surface area contributed by atoms with Gasteiger partial charge >= 0.3 is 6.36 Å². The van der Waals surface area contributed by atoms with Gasteiger partial charge in [0.05, 0.1) is 11.4 Å². The van der Waals surface area contributed by atoms with E-state index in [1.165, 1.54) is 46.4 Å². The van der Waals surface area contributed by atoms with Crippen LogP contribution < -0.4 is 14.9 Å². The maximum atomic E-state index is 12.4. The van der Waals surface area contributed by atoms with E-state index in [4.69, 9.17) is 17.2 Å². The van der Waals surface area contributed by atoms with Gasteiger partial charge in [0.15, 0.2) is 15.7 Å². The number of nitrogens with zero attached hydrogens (tertiary/aromatic N) is 5. The van der Waals surface area contributed by atoms with E-state index >= 15 is 0 Å². The number of aryl methyl sites for hydroxylation is 3. The minimum atomic E-state index is -4.74. The second-order valence-corrected chi connectivity index (χ2v) is 12.1. The standard InChI is InChI=1S/C33H33F3N6OS2/c1-21(2)28-16-7-22(3)18-29(28)42-23(4)19-45-32(42)39-31(44)37-17-5-6-24-8-10-25(11-9-24)30-38-20-41(40-30)26-12-14-27(15-13-26)43-33(34,35)36/h7-16,18-21H,5-6,17H2,1-4H3,(H,37,44). The van der Waals surface area contributed by atoms with E-state index in [0.29, 0.717) is 29.1 Å². The Labute approximate surface area is 269 Å². The maximum absolute atomic E-state index is 12.4. The molecule has 0 spiro atoms. The van der Waals surface area contributed by atoms with E-state index < -0.39 is 6.36 Å². The van der Waals surface area contributed by atoms with Crippen LogP contribution in [0.1, 0.15) is 48.6 Å². The third kappa shape index (κ3) is 8.25. The van der Waals surface area contributed by atoms with Crippen molar-refractivity contribution in [2.45, 2.75) is 52.8 Å². The number of hydrogen-bond acceptors (Lipinski definition) is 5. The highest BCUT2D eigenvalue weighted by Gasteiger charge is 2.31. The van der Waals surface area contributed by atoms with Gasteiger partial charge < -0.3 is 10.1 Å². The van der Waals surface area contributed by atoms with Crippen LogP contribution in [-0.4, -0.2) is 37.4 Å². The van der Waals surface area contributed by atoms with Crippen LogP contribution in [0.25, 0.3) is 22.8 Å². The summed E-state index contributed by atoms with van der Waals surface area (Å²) < 4.78 is 44.9. The molecule has 12 heteroatoms. The fourth-order valence-corrected chi connectivity index (χ4v) is 5.97. The molecule has 0 radical (unpaired) electrons. The number of hydrogen-bond donors (Lipinski definition) is 1. The summed E-state index contributed by atoms with van der Waals surface area (Å²) in [5, 5.41) is 10.3. The quantitative estimate of drug-likeness (QED) is 0.130. The van der Waals surface area contributed by atoms with Crippen LogP contribution in [0, 0.1) is 13.8 Å². The van der Waals surface area contributed by atoms with Gasteiger partial charge in [-0.2, -0.15) is 4.99 Å². The first-order valence-corrected chi connectivity index (χ1v) is 15.7. The predicted molar refractivity (Wildman–Crippen MR) is 175 cm³/mol. The Morgan fingerprint density at radius 1 is 1.04 bits per heavy atom. The zero-order valence-corrected chi connectivity index (χ0v) is 26.9. The summed E-state index contributed by atoms with van der Waals surface area (Å²) in [5.41, 5.74) is 7.29. The fourth-order valence-electron chi connectivity index (χ4n) is 4.85. The first kappa shape index (κ1) is 32.1. The van der Waals surface area contributed by atoms with Crippen molar-refractivity contribution in [1.82, 2.24) is 24.6 Å². The zero-order chi connectivity index (χ0) is 32.1. The van der Waals surface area contributed by atoms with E-state index in [2.05, 4.69) is 76.0 Å². The summed E-state index contributed by atoms with van der Waals surface area (Å²) in [7, 11) is 0. The number of thiocarbonyl (C=S) groups is 1. The molecule has 5 aromatic rings. The van der Waals surface area contributed by atoms with Crippen LogP contribution in [0.3, 0.4) is 0 Å². The second-order valence-electron chi connectivity index (χ2n) is 10.9. The lowest BCUT2D eigenvalue weighted by molar-refractivity contribution is -0.274. The molecule has 0 saturated carbocycles. The normalized spacial score (nSPS) is 12.1. The summed E-state index contributed by atoms with van der Waals surface area (Å²) in [4.78, 5) is 9.95. The summed E-state index contributed by atoms with van der Waals surface area (Å²) in [6, 6.07) is 20.0. The van der Waals surface area contributed by atoms with E-state index in [0.717, 1.165) is 40.2 Å². The molecule has 0 bridgehead atoms. The molecule has 7 nitrogen and oxygen atoms in total. The van der Waals surface area contributed by atoms with E-state index in [1.54, 1.807) is 11.3 Å². The van der Waals surface area contributed by atoms with Crippen LogP contribution in [-0.2, 0) is 6.42 Å². The van der Waals surface area contributed by atoms with Crippen molar-refractivity contribution in [2.24, 2.45) is 4.99 Å². The number of benzene rings is 3. The largest absolute Gasteiger partial charge is 0.573 e. The zero-order valence-electron chi connectivity index (χ0n) is 25.3. The summed E-state index contributed by atoms with van der Waals surface area (Å²) >= 11 is 7.16. The van der Waals surface area contributed by atoms with Gasteiger partial charge in [0.1, 0.15) is 12.1 Å². The first-order valence-electron chi connectivity index (χ1n) is 14.4. The smallest absolute Gasteiger partial charge is 0.406 e. The number of halogens is 3. The Hall–Kier alpha value is -4.29. The van der Waals surface area contributed by atoms with E-state index in [1.807, 2.05) is 24.3 Å². The average Bonchev–Trinajstić information content (AvgIpc) is 3.62. The number of alkyl halides is 3. The van der Waals surface area contributed by atoms with E-state index in [-0.39, 0.29) is 5.75 Å². The number of nitrogens with one attached hydrogen (secondary N) is 1. The van der Waals surface area contributed by atoms with Crippen molar-refractivity contribution in [3.05, 3.63) is 106 Å². The molecule has 2 heterocycles. The summed E-state index contributed by atoms with van der Waals surface area (Å²) in [5.74, 6) is 0.597. The minimum Gasteiger partial charge on any atom is -0.406 e. The van der Waals surface area contributed by atoms with Gasteiger partial charge in [-0.05, 0) is 91.8 Å². The van der Waals surface area contributed by atoms with Gasteiger partial charge in [-0.3, -0.25) is 4.57 Å². The monoisotopic (exact) mass is 650 g/mol. The summed E-state index contributed by atoms with van der Waals surface area (Å²) in [6.07, 6.45) is -1.50. The van der Waals surface area contributed by atoms with Crippen LogP contribution in [0.2, 0.25) is 0 Å². The molecule has 234 valence electrons. The van der Waals surface area contributed by atoms with E-state index in [9.17, 15) is 13.2 Å². The van der Waals surface area contributed by atoms with Gasteiger partial charge in [-0.15, -0.1) is 29.6 Å². The molecule has 0 unspecified atom stereocenters. The van der Waals surface area contributed by atoms with Crippen molar-refractivity contribution in [3.63, 3.8) is 0 Å². The molecule has 1 N–H and O–H groups in total. The molecule has 45 heavy (non-hydrogen) atoms. The molecule has 5 rings (SSSR count). The number of thiazole rings is 1. The second kappa shape index (κ2) is 13.8. The molecule has 0 aliphatic carbocycles. The average molecular weight is 651 g/mol. The number of rotatable bonds is 9. The maximum Gasteiger partial charge on any atom is 0.573 e. The SMILES string of the molecule is Cc1ccc(C(C)C)c(-n2c(C)csc2=NC(=S)NCCCc2ccc(-c3ncn(-c4ccc(OC(F)(F)F)cc4)n3)cc2)c1. The van der Waals surface area contributed by atoms with Crippen molar-refractivity contribution >= 4 is 28.7 Å². The van der Waals surface area contributed by atoms with Crippen molar-refractivity contribution in [2.75, 3.05) is 6.54 Å². The van der Waals surface area contributed by atoms with Gasteiger partial charge in [-0.25, -0.2) is 9.67 Å². The van der Waals surface area contributed by atoms with Crippen molar-refractivity contribution in [1.29, 1.82) is 0 Å². The Bertz CT molecular complexity index is 1840. The molecule has 0 fully saturated rings. The van der Waals surface area contributed by atoms with Gasteiger partial charge in [0.25, 0.3) is 0 Å². The predicted octanol–water partition coefficient (Wildman–Crippen LogP) is 7.83. The molecule has 0 aliphatic heterocycles. The third-order valence-electron chi connectivity index (χ3n) is 7.08. The number of ether oxygens (including phenoxy) is 1. The van der Waals surface area contributed by atoms with Gasteiger partial charge in [-0.1, -0.05) is 50.2 Å². The van der Waals surface area contributed by atoms with Crippen LogP contribution in [0.15, 0.2) is 83.4 Å². The molecule has 0 amide bonds. The fraction of sp³-hybridized carbons (Fsp3) is 0.273. The van der Waals surface area contributed by atoms with Crippen molar-refractivity contribution in [3.8, 4) is 28.5 Å². The van der Waals surface area contributed by atoms with Gasteiger partial charge in [0.2, 0.25) is 0 Å². The summed E-state index contributed by atoms with van der Waals surface area (Å²) in [6.45, 7) is 9.27. The minimum absolute atomic E-state index is 0.294. The molecular weight excluding hydrogens is 618 g/mol. The molecule has 2 aromatic heterocycles. The highest BCUT2D eigenvalue weighted by atomic mass is 32.1. The molecular formula is C33H33F3N6OS2. The molecule has 0 aliphatic rings. The van der Waals surface area contributed by atoms with Crippen molar-refractivity contribution < 1.29 is 17.9 Å². The highest BCUT2D eigenvalue weighted by Crippen LogP contribution is 2.26. The lowest BCUT2D eigenvalue weighted by Crippen LogP contribution is -2.25. The van der Waals surface area contributed by atoms with Crippen LogP contribution in [0.5, 0.6) is 5.75 Å². The topological polar surface area (TPSA) is 69.3 Å². The van der Waals surface area contributed by atoms with Crippen LogP contribution >= 0.6 is 23.6 Å². The Kier molecular flexibility index (Phi) is 9.83. The Balaban J connectivity index is 1.16. The molecule has 0 atom stereocenters. The Morgan fingerprint density at radius 3 is 2.47 bits per heavy atom. The Morgan fingerprint density at radius 2 is 1.78 bits per heavy atom. The molecule has 0 saturated heterocycles. The molecule has 3 aromatic carbocycles. The van der Waals surface area contributed by atoms with Crippen LogP contribution in [0.4, 0.5) is 13.2 Å². The number of aromatic nitrogens is 4.